The van der Waals surface area contributed by atoms with E-state index in [-0.39, 0.29) is 0 Å². The molecule has 1 aromatic heterocycles. The van der Waals surface area contributed by atoms with Gasteiger partial charge in [0.1, 0.15) is 5.82 Å². The molecule has 0 fully saturated rings. The Balaban J connectivity index is 2.06. The summed E-state index contributed by atoms with van der Waals surface area (Å²) in [6.07, 6.45) is 1.78. The number of benzene rings is 2. The fourth-order valence-corrected chi connectivity index (χ4v) is 2.59. The van der Waals surface area contributed by atoms with Gasteiger partial charge in [-0.05, 0) is 30.0 Å². The summed E-state index contributed by atoms with van der Waals surface area (Å²) < 4.78 is 1.08. The smallest absolute Gasteiger partial charge is 0.132 e. The Bertz CT molecular complexity index is 784. The lowest BCUT2D eigenvalue weighted by atomic mass is 10.1. The summed E-state index contributed by atoms with van der Waals surface area (Å²) in [5.74, 6) is 0.751. The third-order valence-electron chi connectivity index (χ3n) is 3.28. The van der Waals surface area contributed by atoms with Crippen LogP contribution < -0.4 is 11.1 Å². The van der Waals surface area contributed by atoms with Crippen LogP contribution in [0.1, 0.15) is 5.56 Å². The predicted octanol–water partition coefficient (Wildman–Crippen LogP) is 4.63. The molecule has 0 saturated carbocycles. The summed E-state index contributed by atoms with van der Waals surface area (Å²) in [4.78, 5) is 4.36. The van der Waals surface area contributed by atoms with E-state index in [4.69, 9.17) is 5.73 Å². The molecule has 3 N–H and O–H groups in total. The summed E-state index contributed by atoms with van der Waals surface area (Å²) in [5.41, 5.74) is 8.66. The van der Waals surface area contributed by atoms with E-state index in [0.29, 0.717) is 0 Å². The van der Waals surface area contributed by atoms with E-state index >= 15 is 0 Å². The van der Waals surface area contributed by atoms with Crippen LogP contribution in [-0.2, 0) is 0 Å². The van der Waals surface area contributed by atoms with Gasteiger partial charge in [0, 0.05) is 33.5 Å². The Morgan fingerprint density at radius 2 is 1.85 bits per heavy atom. The Hall–Kier alpha value is -2.07. The quantitative estimate of drug-likeness (QED) is 0.721. The normalized spacial score (nSPS) is 10.7. The molecule has 20 heavy (non-hydrogen) atoms. The Labute approximate surface area is 126 Å². The average molecular weight is 328 g/mol. The number of hydrogen-bond acceptors (Lipinski definition) is 3. The van der Waals surface area contributed by atoms with Crippen LogP contribution in [0.3, 0.4) is 0 Å². The van der Waals surface area contributed by atoms with Crippen molar-refractivity contribution in [2.45, 2.75) is 6.92 Å². The number of pyridine rings is 1. The number of anilines is 3. The summed E-state index contributed by atoms with van der Waals surface area (Å²) in [5, 5.41) is 5.64. The second-order valence-electron chi connectivity index (χ2n) is 4.69. The van der Waals surface area contributed by atoms with Gasteiger partial charge in [-0.3, -0.25) is 0 Å². The van der Waals surface area contributed by atoms with Gasteiger partial charge in [0.2, 0.25) is 0 Å². The number of hydrogen-bond donors (Lipinski definition) is 2. The first-order valence-corrected chi connectivity index (χ1v) is 7.11. The highest BCUT2D eigenvalue weighted by molar-refractivity contribution is 9.10. The molecule has 0 saturated heterocycles. The van der Waals surface area contributed by atoms with Crippen LogP contribution in [0.4, 0.5) is 17.2 Å². The summed E-state index contributed by atoms with van der Waals surface area (Å²) in [6, 6.07) is 14.1. The van der Waals surface area contributed by atoms with E-state index in [1.54, 1.807) is 6.20 Å². The molecule has 3 aromatic rings. The standard InChI is InChI=1S/C16H14BrN3/c1-10-9-19-16(8-14(10)18)20-15-7-6-13(17)11-4-2-3-5-12(11)15/h2-9H,1H3,(H3,18,19,20). The molecule has 0 spiro atoms. The van der Waals surface area contributed by atoms with Crippen molar-refractivity contribution >= 4 is 43.9 Å². The average Bonchev–Trinajstić information content (AvgIpc) is 2.46. The van der Waals surface area contributed by atoms with Gasteiger partial charge in [-0.15, -0.1) is 0 Å². The molecule has 0 aliphatic rings. The van der Waals surface area contributed by atoms with Crippen LogP contribution in [-0.4, -0.2) is 4.98 Å². The van der Waals surface area contributed by atoms with Crippen molar-refractivity contribution in [1.29, 1.82) is 0 Å². The molecular formula is C16H14BrN3. The van der Waals surface area contributed by atoms with Gasteiger partial charge in [0.15, 0.2) is 0 Å². The topological polar surface area (TPSA) is 50.9 Å². The zero-order valence-electron chi connectivity index (χ0n) is 11.0. The summed E-state index contributed by atoms with van der Waals surface area (Å²) in [7, 11) is 0. The molecule has 0 amide bonds. The summed E-state index contributed by atoms with van der Waals surface area (Å²) in [6.45, 7) is 1.95. The zero-order chi connectivity index (χ0) is 14.1. The zero-order valence-corrected chi connectivity index (χ0v) is 12.6. The van der Waals surface area contributed by atoms with Crippen LogP contribution >= 0.6 is 15.9 Å². The Morgan fingerprint density at radius 1 is 1.10 bits per heavy atom. The van der Waals surface area contributed by atoms with E-state index in [1.807, 2.05) is 37.3 Å². The van der Waals surface area contributed by atoms with Gasteiger partial charge in [-0.2, -0.15) is 0 Å². The number of aromatic nitrogens is 1. The second kappa shape index (κ2) is 5.13. The first-order chi connectivity index (χ1) is 9.65. The monoisotopic (exact) mass is 327 g/mol. The summed E-state index contributed by atoms with van der Waals surface area (Å²) >= 11 is 3.57. The molecule has 3 rings (SSSR count). The highest BCUT2D eigenvalue weighted by Crippen LogP contribution is 2.31. The van der Waals surface area contributed by atoms with E-state index in [1.165, 1.54) is 0 Å². The number of nitrogen functional groups attached to an aromatic ring is 1. The minimum atomic E-state index is 0.740. The van der Waals surface area contributed by atoms with Gasteiger partial charge in [-0.1, -0.05) is 40.2 Å². The van der Waals surface area contributed by atoms with E-state index < -0.39 is 0 Å². The number of aryl methyl sites for hydroxylation is 1. The predicted molar refractivity (Wildman–Crippen MR) is 88.3 cm³/mol. The van der Waals surface area contributed by atoms with Gasteiger partial charge in [0.05, 0.1) is 0 Å². The Morgan fingerprint density at radius 3 is 2.60 bits per heavy atom. The van der Waals surface area contributed by atoms with E-state index in [9.17, 15) is 0 Å². The van der Waals surface area contributed by atoms with Gasteiger partial charge in [-0.25, -0.2) is 4.98 Å². The maximum atomic E-state index is 5.92. The molecule has 100 valence electrons. The largest absolute Gasteiger partial charge is 0.398 e. The molecular weight excluding hydrogens is 314 g/mol. The lowest BCUT2D eigenvalue weighted by molar-refractivity contribution is 1.26. The molecule has 4 heteroatoms. The van der Waals surface area contributed by atoms with Crippen LogP contribution in [0.2, 0.25) is 0 Å². The maximum Gasteiger partial charge on any atom is 0.132 e. The van der Waals surface area contributed by atoms with Crippen molar-refractivity contribution < 1.29 is 0 Å². The van der Waals surface area contributed by atoms with Crippen molar-refractivity contribution in [1.82, 2.24) is 4.98 Å². The third-order valence-corrected chi connectivity index (χ3v) is 3.97. The number of rotatable bonds is 2. The molecule has 1 heterocycles. The third kappa shape index (κ3) is 2.34. The Kier molecular flexibility index (Phi) is 3.32. The van der Waals surface area contributed by atoms with Crippen molar-refractivity contribution in [3.8, 4) is 0 Å². The fraction of sp³-hybridized carbons (Fsp3) is 0.0625. The van der Waals surface area contributed by atoms with Crippen LogP contribution in [0.5, 0.6) is 0 Å². The molecule has 0 aliphatic carbocycles. The van der Waals surface area contributed by atoms with Gasteiger partial charge >= 0.3 is 0 Å². The van der Waals surface area contributed by atoms with Crippen molar-refractivity contribution in [2.75, 3.05) is 11.1 Å². The van der Waals surface area contributed by atoms with E-state index in [2.05, 4.69) is 38.4 Å². The number of halogens is 1. The lowest BCUT2D eigenvalue weighted by Gasteiger charge is -2.11. The molecule has 0 bridgehead atoms. The lowest BCUT2D eigenvalue weighted by Crippen LogP contribution is -1.98. The minimum Gasteiger partial charge on any atom is -0.398 e. The minimum absolute atomic E-state index is 0.740. The number of fused-ring (bicyclic) bond motifs is 1. The fourth-order valence-electron chi connectivity index (χ4n) is 2.12. The first-order valence-electron chi connectivity index (χ1n) is 6.31. The van der Waals surface area contributed by atoms with Crippen molar-refractivity contribution in [2.24, 2.45) is 0 Å². The van der Waals surface area contributed by atoms with Crippen molar-refractivity contribution in [3.63, 3.8) is 0 Å². The van der Waals surface area contributed by atoms with Gasteiger partial charge < -0.3 is 11.1 Å². The van der Waals surface area contributed by atoms with Crippen LogP contribution in [0, 0.1) is 6.92 Å². The van der Waals surface area contributed by atoms with Crippen LogP contribution in [0.25, 0.3) is 10.8 Å². The van der Waals surface area contributed by atoms with Crippen LogP contribution in [0.15, 0.2) is 53.1 Å². The number of nitrogens with one attached hydrogen (secondary N) is 1. The highest BCUT2D eigenvalue weighted by Gasteiger charge is 2.05. The number of nitrogens with zero attached hydrogens (tertiary/aromatic N) is 1. The molecule has 0 radical (unpaired) electrons. The number of nitrogens with two attached hydrogens (primary N) is 1. The first kappa shape index (κ1) is 12.9. The van der Waals surface area contributed by atoms with Crippen molar-refractivity contribution in [3.05, 3.63) is 58.7 Å². The highest BCUT2D eigenvalue weighted by atomic mass is 79.9. The molecule has 0 atom stereocenters. The molecule has 0 unspecified atom stereocenters. The van der Waals surface area contributed by atoms with Gasteiger partial charge in [0.25, 0.3) is 0 Å². The second-order valence-corrected chi connectivity index (χ2v) is 5.55. The van der Waals surface area contributed by atoms with E-state index in [0.717, 1.165) is 38.0 Å². The molecule has 2 aromatic carbocycles. The maximum absolute atomic E-state index is 5.92. The SMILES string of the molecule is Cc1cnc(Nc2ccc(Br)c3ccccc23)cc1N. The molecule has 3 nitrogen and oxygen atoms in total. The molecule has 0 aliphatic heterocycles.